The Morgan fingerprint density at radius 2 is 1.63 bits per heavy atom. The maximum absolute atomic E-state index is 12.8. The van der Waals surface area contributed by atoms with Gasteiger partial charge in [-0.3, -0.25) is 9.59 Å². The van der Waals surface area contributed by atoms with Crippen LogP contribution in [0, 0.1) is 0 Å². The first-order valence-corrected chi connectivity index (χ1v) is 9.22. The number of amides is 2. The first-order valence-electron chi connectivity index (χ1n) is 7.68. The van der Waals surface area contributed by atoms with E-state index in [9.17, 15) is 26.8 Å². The zero-order valence-corrected chi connectivity index (χ0v) is 15.0. The largest absolute Gasteiger partial charge is 0.341 e. The van der Waals surface area contributed by atoms with E-state index in [1.807, 2.05) is 0 Å². The van der Waals surface area contributed by atoms with Crippen molar-refractivity contribution in [1.82, 2.24) is 0 Å². The Balaban J connectivity index is 2.12. The molecule has 0 saturated heterocycles. The summed E-state index contributed by atoms with van der Waals surface area (Å²) in [7, 11) is -4.84. The molecule has 0 heterocycles. The van der Waals surface area contributed by atoms with Crippen LogP contribution in [0.2, 0.25) is 0 Å². The van der Waals surface area contributed by atoms with Crippen LogP contribution in [0.5, 0.6) is 0 Å². The van der Waals surface area contributed by atoms with Crippen LogP contribution in [0.1, 0.15) is 12.5 Å². The van der Waals surface area contributed by atoms with Gasteiger partial charge in [-0.2, -0.15) is 8.78 Å². The summed E-state index contributed by atoms with van der Waals surface area (Å²) in [4.78, 5) is 22.3. The summed E-state index contributed by atoms with van der Waals surface area (Å²) in [5.41, 5.74) is 1.01. The maximum Gasteiger partial charge on any atom is 0.341 e. The third-order valence-corrected chi connectivity index (χ3v) is 4.78. The van der Waals surface area contributed by atoms with Gasteiger partial charge in [0.15, 0.2) is 0 Å². The van der Waals surface area contributed by atoms with Crippen molar-refractivity contribution in [2.24, 2.45) is 0 Å². The first kappa shape index (κ1) is 20.2. The smallest absolute Gasteiger partial charge is 0.326 e. The SMILES string of the molecule is CC(=O)Nc1ccc(/C=C/C(=O)Nc2ccccc2S(=O)(=O)C(F)F)cc1. The fraction of sp³-hybridized carbons (Fsp3) is 0.111. The van der Waals surface area contributed by atoms with Gasteiger partial charge in [0.25, 0.3) is 0 Å². The summed E-state index contributed by atoms with van der Waals surface area (Å²) in [6.45, 7) is 1.38. The molecule has 0 aliphatic rings. The molecular formula is C18H16F2N2O4S. The molecule has 2 N–H and O–H groups in total. The maximum atomic E-state index is 12.8. The van der Waals surface area contributed by atoms with Crippen molar-refractivity contribution in [3.05, 3.63) is 60.2 Å². The predicted octanol–water partition coefficient (Wildman–Crippen LogP) is 3.29. The number of nitrogens with one attached hydrogen (secondary N) is 2. The Morgan fingerprint density at radius 1 is 1.00 bits per heavy atom. The number of carbonyl (C=O) groups is 2. The van der Waals surface area contributed by atoms with Crippen LogP contribution < -0.4 is 10.6 Å². The lowest BCUT2D eigenvalue weighted by Gasteiger charge is -2.10. The Morgan fingerprint density at radius 3 is 2.22 bits per heavy atom. The summed E-state index contributed by atoms with van der Waals surface area (Å²) < 4.78 is 48.9. The van der Waals surface area contributed by atoms with Gasteiger partial charge < -0.3 is 10.6 Å². The second-order valence-corrected chi connectivity index (χ2v) is 7.31. The molecule has 0 spiro atoms. The molecule has 142 valence electrons. The number of halogens is 2. The number of benzene rings is 2. The fourth-order valence-corrected chi connectivity index (χ4v) is 3.03. The number of hydrogen-bond acceptors (Lipinski definition) is 4. The Kier molecular flexibility index (Phi) is 6.40. The van der Waals surface area contributed by atoms with E-state index in [1.165, 1.54) is 31.2 Å². The summed E-state index contributed by atoms with van der Waals surface area (Å²) in [6, 6.07) is 11.5. The highest BCUT2D eigenvalue weighted by atomic mass is 32.2. The summed E-state index contributed by atoms with van der Waals surface area (Å²) >= 11 is 0. The predicted molar refractivity (Wildman–Crippen MR) is 98.0 cm³/mol. The van der Waals surface area contributed by atoms with E-state index >= 15 is 0 Å². The van der Waals surface area contributed by atoms with Crippen molar-refractivity contribution in [2.45, 2.75) is 17.6 Å². The molecule has 2 aromatic rings. The minimum Gasteiger partial charge on any atom is -0.326 e. The minimum absolute atomic E-state index is 0.213. The molecule has 0 aliphatic carbocycles. The molecule has 6 nitrogen and oxygen atoms in total. The summed E-state index contributed by atoms with van der Waals surface area (Å²) in [6.07, 6.45) is 2.59. The molecule has 0 atom stereocenters. The molecule has 2 rings (SSSR count). The van der Waals surface area contributed by atoms with E-state index < -0.39 is 26.4 Å². The van der Waals surface area contributed by atoms with Crippen LogP contribution in [0.25, 0.3) is 6.08 Å². The molecule has 9 heteroatoms. The molecule has 2 aromatic carbocycles. The van der Waals surface area contributed by atoms with E-state index in [4.69, 9.17) is 0 Å². The van der Waals surface area contributed by atoms with Gasteiger partial charge in [0.1, 0.15) is 0 Å². The van der Waals surface area contributed by atoms with Gasteiger partial charge in [0.05, 0.1) is 10.6 Å². The van der Waals surface area contributed by atoms with Gasteiger partial charge in [0, 0.05) is 18.7 Å². The molecular weight excluding hydrogens is 378 g/mol. The highest BCUT2D eigenvalue weighted by Crippen LogP contribution is 2.26. The quantitative estimate of drug-likeness (QED) is 0.736. The van der Waals surface area contributed by atoms with Crippen LogP contribution in [-0.4, -0.2) is 26.0 Å². The van der Waals surface area contributed by atoms with Gasteiger partial charge in [0.2, 0.25) is 21.7 Å². The number of rotatable bonds is 6. The molecule has 0 unspecified atom stereocenters. The lowest BCUT2D eigenvalue weighted by atomic mass is 10.2. The number of hydrogen-bond donors (Lipinski definition) is 2. The van der Waals surface area contributed by atoms with Gasteiger partial charge in [-0.15, -0.1) is 0 Å². The average Bonchev–Trinajstić information content (AvgIpc) is 2.61. The zero-order valence-electron chi connectivity index (χ0n) is 14.1. The molecule has 0 fully saturated rings. The molecule has 0 saturated carbocycles. The second kappa shape index (κ2) is 8.54. The number of sulfone groups is 1. The van der Waals surface area contributed by atoms with E-state index in [0.717, 1.165) is 12.1 Å². The van der Waals surface area contributed by atoms with Crippen molar-refractivity contribution in [3.8, 4) is 0 Å². The second-order valence-electron chi connectivity index (χ2n) is 5.43. The molecule has 0 aliphatic heterocycles. The number of anilines is 2. The monoisotopic (exact) mass is 394 g/mol. The molecule has 0 bridgehead atoms. The van der Waals surface area contributed by atoms with Crippen LogP contribution in [0.3, 0.4) is 0 Å². The third kappa shape index (κ3) is 5.45. The van der Waals surface area contributed by atoms with E-state index in [0.29, 0.717) is 11.3 Å². The lowest BCUT2D eigenvalue weighted by molar-refractivity contribution is -0.114. The Labute approximate surface area is 154 Å². The number of para-hydroxylation sites is 1. The zero-order chi connectivity index (χ0) is 20.0. The Hall–Kier alpha value is -3.07. The average molecular weight is 394 g/mol. The van der Waals surface area contributed by atoms with Crippen molar-refractivity contribution in [2.75, 3.05) is 10.6 Å². The normalized spacial score (nSPS) is 11.6. The van der Waals surface area contributed by atoms with Gasteiger partial charge in [-0.1, -0.05) is 24.3 Å². The molecule has 0 radical (unpaired) electrons. The van der Waals surface area contributed by atoms with E-state index in [-0.39, 0.29) is 11.6 Å². The lowest BCUT2D eigenvalue weighted by Crippen LogP contribution is -2.16. The number of carbonyl (C=O) groups excluding carboxylic acids is 2. The molecule has 2 amide bonds. The summed E-state index contributed by atoms with van der Waals surface area (Å²) in [5, 5.41) is 4.88. The van der Waals surface area contributed by atoms with Crippen molar-refractivity contribution in [1.29, 1.82) is 0 Å². The van der Waals surface area contributed by atoms with Crippen molar-refractivity contribution in [3.63, 3.8) is 0 Å². The van der Waals surface area contributed by atoms with Crippen LogP contribution >= 0.6 is 0 Å². The fourth-order valence-electron chi connectivity index (χ4n) is 2.14. The van der Waals surface area contributed by atoms with Crippen molar-refractivity contribution >= 4 is 39.1 Å². The minimum atomic E-state index is -4.84. The number of alkyl halides is 2. The standard InChI is InChI=1S/C18H16F2N2O4S/c1-12(23)21-14-9-6-13(7-10-14)8-11-17(24)22-15-4-2-3-5-16(15)27(25,26)18(19)20/h2-11,18H,1H3,(H,21,23)(H,22,24)/b11-8+. The first-order chi connectivity index (χ1) is 12.7. The third-order valence-electron chi connectivity index (χ3n) is 3.34. The highest BCUT2D eigenvalue weighted by molar-refractivity contribution is 7.91. The Bertz CT molecular complexity index is 971. The van der Waals surface area contributed by atoms with Gasteiger partial charge in [-0.05, 0) is 35.9 Å². The van der Waals surface area contributed by atoms with Crippen LogP contribution in [-0.2, 0) is 19.4 Å². The molecule has 27 heavy (non-hydrogen) atoms. The van der Waals surface area contributed by atoms with Gasteiger partial charge >= 0.3 is 5.76 Å². The molecule has 0 aromatic heterocycles. The van der Waals surface area contributed by atoms with E-state index in [1.54, 1.807) is 24.3 Å². The van der Waals surface area contributed by atoms with Crippen molar-refractivity contribution < 1.29 is 26.8 Å². The van der Waals surface area contributed by atoms with Crippen LogP contribution in [0.15, 0.2) is 59.5 Å². The summed E-state index contributed by atoms with van der Waals surface area (Å²) in [5.74, 6) is -4.49. The topological polar surface area (TPSA) is 92.3 Å². The van der Waals surface area contributed by atoms with E-state index in [2.05, 4.69) is 10.6 Å². The van der Waals surface area contributed by atoms with Gasteiger partial charge in [-0.25, -0.2) is 8.42 Å². The van der Waals surface area contributed by atoms with Crippen LogP contribution in [0.4, 0.5) is 20.2 Å². The highest BCUT2D eigenvalue weighted by Gasteiger charge is 2.29.